The van der Waals surface area contributed by atoms with E-state index >= 15 is 0 Å². The van der Waals surface area contributed by atoms with Crippen LogP contribution in [-0.2, 0) is 20.8 Å². The number of amides is 1. The number of aliphatic hydroxyl groups excluding tert-OH is 1. The Morgan fingerprint density at radius 3 is 2.68 bits per heavy atom. The summed E-state index contributed by atoms with van der Waals surface area (Å²) in [6, 6.07) is 7.58. The van der Waals surface area contributed by atoms with Gasteiger partial charge in [-0.1, -0.05) is 18.2 Å². The third-order valence-electron chi connectivity index (χ3n) is 5.20. The fourth-order valence-electron chi connectivity index (χ4n) is 3.94. The molecule has 7 nitrogen and oxygen atoms in total. The lowest BCUT2D eigenvalue weighted by Gasteiger charge is -2.43. The molecule has 2 heterocycles. The quantitative estimate of drug-likeness (QED) is 0.686. The second-order valence-electron chi connectivity index (χ2n) is 7.77. The van der Waals surface area contributed by atoms with Crippen LogP contribution in [0.1, 0.15) is 25.8 Å². The number of methoxy groups -OCH3 is 1. The first kappa shape index (κ1) is 20.8. The molecule has 0 radical (unpaired) electrons. The molecule has 154 valence electrons. The molecule has 2 aliphatic rings. The van der Waals surface area contributed by atoms with E-state index < -0.39 is 18.0 Å². The van der Waals surface area contributed by atoms with Crippen LogP contribution < -0.4 is 10.1 Å². The first-order valence-corrected chi connectivity index (χ1v) is 9.61. The van der Waals surface area contributed by atoms with Gasteiger partial charge in [-0.25, -0.2) is 0 Å². The predicted octanol–water partition coefficient (Wildman–Crippen LogP) is 1.45. The number of β-amino-alcohol motifs (C(OH)–C–C–N with tert-alkyl or cyclic N) is 1. The molecule has 2 aliphatic heterocycles. The van der Waals surface area contributed by atoms with E-state index in [1.54, 1.807) is 13.2 Å². The van der Waals surface area contributed by atoms with Crippen molar-refractivity contribution in [2.24, 2.45) is 0 Å². The zero-order valence-electron chi connectivity index (χ0n) is 16.8. The van der Waals surface area contributed by atoms with Crippen LogP contribution in [0.3, 0.4) is 0 Å². The number of hydrogen-bond donors (Lipinski definition) is 2. The predicted molar refractivity (Wildman–Crippen MR) is 105 cm³/mol. The van der Waals surface area contributed by atoms with Crippen molar-refractivity contribution in [1.82, 2.24) is 10.2 Å². The highest BCUT2D eigenvalue weighted by Crippen LogP contribution is 2.38. The van der Waals surface area contributed by atoms with Gasteiger partial charge in [0, 0.05) is 32.1 Å². The number of ether oxygens (including phenoxy) is 3. The summed E-state index contributed by atoms with van der Waals surface area (Å²) in [6.07, 6.45) is 0.402. The van der Waals surface area contributed by atoms with Gasteiger partial charge in [0.25, 0.3) is 0 Å². The van der Waals surface area contributed by atoms with Crippen molar-refractivity contribution in [3.05, 3.63) is 42.5 Å². The summed E-state index contributed by atoms with van der Waals surface area (Å²) in [4.78, 5) is 14.5. The van der Waals surface area contributed by atoms with Gasteiger partial charge < -0.3 is 24.6 Å². The van der Waals surface area contributed by atoms with Crippen molar-refractivity contribution >= 4 is 5.91 Å². The third-order valence-corrected chi connectivity index (χ3v) is 5.20. The van der Waals surface area contributed by atoms with E-state index in [1.165, 1.54) is 0 Å². The summed E-state index contributed by atoms with van der Waals surface area (Å²) in [5.41, 5.74) is 1.07. The van der Waals surface area contributed by atoms with Crippen LogP contribution in [0, 0.1) is 0 Å². The highest BCUT2D eigenvalue weighted by atomic mass is 16.8. The van der Waals surface area contributed by atoms with E-state index in [0.29, 0.717) is 19.6 Å². The van der Waals surface area contributed by atoms with Crippen LogP contribution >= 0.6 is 0 Å². The van der Waals surface area contributed by atoms with Crippen molar-refractivity contribution in [1.29, 1.82) is 0 Å². The SMILES string of the molecule is C=CCNC(=O)C[C@H]1[C@@H]2OC(C)(C)O[C@@H]2[C@H](O)CN1Cc1ccc(OC)cc1. The van der Waals surface area contributed by atoms with Gasteiger partial charge in [-0.2, -0.15) is 0 Å². The van der Waals surface area contributed by atoms with E-state index in [-0.39, 0.29) is 24.5 Å². The van der Waals surface area contributed by atoms with Crippen molar-refractivity contribution in [2.75, 3.05) is 20.2 Å². The number of carbonyl (C=O) groups excluding carboxylic acids is 1. The van der Waals surface area contributed by atoms with E-state index in [1.807, 2.05) is 38.1 Å². The van der Waals surface area contributed by atoms with Gasteiger partial charge in [0.1, 0.15) is 18.0 Å². The standard InChI is InChI=1S/C21H30N2O5/c1-5-10-22-18(25)11-16-19-20(28-21(2,3)27-19)17(24)13-23(16)12-14-6-8-15(26-4)9-7-14/h5-9,16-17,19-20,24H,1,10-13H2,2-4H3,(H,22,25)/t16-,17+,19-,20+/m0/s1. The molecule has 1 amide bonds. The molecule has 0 saturated carbocycles. The lowest BCUT2D eigenvalue weighted by atomic mass is 9.91. The zero-order valence-corrected chi connectivity index (χ0v) is 16.8. The van der Waals surface area contributed by atoms with Crippen molar-refractivity contribution < 1.29 is 24.1 Å². The Labute approximate surface area is 166 Å². The Kier molecular flexibility index (Phi) is 6.40. The minimum Gasteiger partial charge on any atom is -0.497 e. The van der Waals surface area contributed by atoms with E-state index in [0.717, 1.165) is 11.3 Å². The van der Waals surface area contributed by atoms with Gasteiger partial charge in [0.15, 0.2) is 5.79 Å². The number of nitrogens with zero attached hydrogens (tertiary/aromatic N) is 1. The minimum absolute atomic E-state index is 0.0759. The average Bonchev–Trinajstić information content (AvgIpc) is 3.00. The lowest BCUT2D eigenvalue weighted by molar-refractivity contribution is -0.153. The molecule has 0 aliphatic carbocycles. The molecule has 7 heteroatoms. The minimum atomic E-state index is -0.789. The van der Waals surface area contributed by atoms with Crippen LogP contribution in [0.15, 0.2) is 36.9 Å². The Morgan fingerprint density at radius 2 is 2.04 bits per heavy atom. The molecule has 2 fully saturated rings. The smallest absolute Gasteiger partial charge is 0.221 e. The maximum Gasteiger partial charge on any atom is 0.221 e. The van der Waals surface area contributed by atoms with Gasteiger partial charge in [0.2, 0.25) is 5.91 Å². The summed E-state index contributed by atoms with van der Waals surface area (Å²) in [7, 11) is 1.63. The highest BCUT2D eigenvalue weighted by molar-refractivity contribution is 5.76. The number of piperidine rings is 1. The molecule has 2 saturated heterocycles. The molecule has 0 spiro atoms. The number of nitrogens with one attached hydrogen (secondary N) is 1. The lowest BCUT2D eigenvalue weighted by Crippen LogP contribution is -2.60. The Balaban J connectivity index is 1.80. The number of rotatable bonds is 7. The Hall–Kier alpha value is -1.93. The fourth-order valence-corrected chi connectivity index (χ4v) is 3.94. The molecule has 0 bridgehead atoms. The zero-order chi connectivity index (χ0) is 20.3. The molecule has 1 aromatic rings. The summed E-state index contributed by atoms with van der Waals surface area (Å²) in [5.74, 6) is -0.0763. The monoisotopic (exact) mass is 390 g/mol. The maximum absolute atomic E-state index is 12.4. The number of fused-ring (bicyclic) bond motifs is 1. The summed E-state index contributed by atoms with van der Waals surface area (Å²) in [6.45, 7) is 8.72. The van der Waals surface area contributed by atoms with Gasteiger partial charge >= 0.3 is 0 Å². The van der Waals surface area contributed by atoms with Crippen molar-refractivity contribution in [3.63, 3.8) is 0 Å². The molecular weight excluding hydrogens is 360 g/mol. The van der Waals surface area contributed by atoms with E-state index in [4.69, 9.17) is 14.2 Å². The number of carbonyl (C=O) groups is 1. The molecule has 0 unspecified atom stereocenters. The molecule has 3 rings (SSSR count). The van der Waals surface area contributed by atoms with Crippen LogP contribution in [0.2, 0.25) is 0 Å². The van der Waals surface area contributed by atoms with Gasteiger partial charge in [0.05, 0.1) is 13.2 Å². The Bertz CT molecular complexity index is 691. The van der Waals surface area contributed by atoms with E-state index in [2.05, 4.69) is 16.8 Å². The maximum atomic E-state index is 12.4. The van der Waals surface area contributed by atoms with Gasteiger partial charge in [-0.15, -0.1) is 6.58 Å². The van der Waals surface area contributed by atoms with Crippen LogP contribution in [0.4, 0.5) is 0 Å². The number of likely N-dealkylation sites (tertiary alicyclic amines) is 1. The topological polar surface area (TPSA) is 80.3 Å². The Morgan fingerprint density at radius 1 is 1.36 bits per heavy atom. The molecule has 28 heavy (non-hydrogen) atoms. The van der Waals surface area contributed by atoms with Gasteiger partial charge in [-0.05, 0) is 31.5 Å². The third kappa shape index (κ3) is 4.72. The molecule has 2 N–H and O–H groups in total. The number of aliphatic hydroxyl groups is 1. The second kappa shape index (κ2) is 8.61. The van der Waals surface area contributed by atoms with Crippen molar-refractivity contribution in [2.45, 2.75) is 57.0 Å². The molecule has 4 atom stereocenters. The number of benzene rings is 1. The second-order valence-corrected chi connectivity index (χ2v) is 7.77. The van der Waals surface area contributed by atoms with Gasteiger partial charge in [-0.3, -0.25) is 9.69 Å². The highest BCUT2D eigenvalue weighted by Gasteiger charge is 2.53. The van der Waals surface area contributed by atoms with Crippen molar-refractivity contribution in [3.8, 4) is 5.75 Å². The van der Waals surface area contributed by atoms with E-state index in [9.17, 15) is 9.90 Å². The largest absolute Gasteiger partial charge is 0.497 e. The van der Waals surface area contributed by atoms with Crippen LogP contribution in [0.25, 0.3) is 0 Å². The first-order valence-electron chi connectivity index (χ1n) is 9.61. The fraction of sp³-hybridized carbons (Fsp3) is 0.571. The molecular formula is C21H30N2O5. The normalized spacial score (nSPS) is 29.1. The van der Waals surface area contributed by atoms with Crippen LogP contribution in [-0.4, -0.2) is 66.3 Å². The molecule has 1 aromatic carbocycles. The average molecular weight is 390 g/mol. The summed E-state index contributed by atoms with van der Waals surface area (Å²) >= 11 is 0. The number of hydrogen-bond acceptors (Lipinski definition) is 6. The first-order chi connectivity index (χ1) is 13.3. The summed E-state index contributed by atoms with van der Waals surface area (Å²) < 4.78 is 17.2. The molecule has 0 aromatic heterocycles. The summed E-state index contributed by atoms with van der Waals surface area (Å²) in [5, 5.41) is 13.5. The van der Waals surface area contributed by atoms with Crippen LogP contribution in [0.5, 0.6) is 5.75 Å².